The van der Waals surface area contributed by atoms with E-state index in [0.717, 1.165) is 15.7 Å². The average molecular weight is 287 g/mol. The predicted octanol–water partition coefficient (Wildman–Crippen LogP) is 2.11. The van der Waals surface area contributed by atoms with Crippen LogP contribution in [-0.2, 0) is 6.54 Å². The normalized spacial score (nSPS) is 11.6. The fraction of sp³-hybridized carbons (Fsp3) is 0.500. The van der Waals surface area contributed by atoms with Gasteiger partial charge in [-0.15, -0.1) is 0 Å². The van der Waals surface area contributed by atoms with Crippen molar-refractivity contribution in [1.82, 2.24) is 0 Å². The Morgan fingerprint density at radius 3 is 2.56 bits per heavy atom. The van der Waals surface area contributed by atoms with Crippen LogP contribution >= 0.6 is 15.9 Å². The number of likely N-dealkylation sites (N-methyl/N-ethyl adjacent to an activating group) is 1. The molecule has 1 aromatic carbocycles. The lowest BCUT2D eigenvalue weighted by Crippen LogP contribution is -2.36. The third kappa shape index (κ3) is 3.77. The summed E-state index contributed by atoms with van der Waals surface area (Å²) < 4.78 is 1.02. The summed E-state index contributed by atoms with van der Waals surface area (Å²) in [5, 5.41) is 9.80. The van der Waals surface area contributed by atoms with Gasteiger partial charge in [-0.3, -0.25) is 0 Å². The van der Waals surface area contributed by atoms with Gasteiger partial charge in [-0.25, -0.2) is 0 Å². The number of aliphatic hydroxyl groups is 1. The Morgan fingerprint density at radius 1 is 1.44 bits per heavy atom. The first-order chi connectivity index (χ1) is 7.33. The first kappa shape index (κ1) is 13.5. The molecule has 0 radical (unpaired) electrons. The second-order valence-corrected chi connectivity index (χ2v) is 5.56. The second-order valence-electron chi connectivity index (χ2n) is 4.65. The molecule has 3 N–H and O–H groups in total. The minimum atomic E-state index is -0.719. The van der Waals surface area contributed by atoms with Gasteiger partial charge in [0.25, 0.3) is 0 Å². The Labute approximate surface area is 105 Å². The van der Waals surface area contributed by atoms with Gasteiger partial charge < -0.3 is 15.7 Å². The highest BCUT2D eigenvalue weighted by atomic mass is 79.9. The summed E-state index contributed by atoms with van der Waals surface area (Å²) in [5.41, 5.74) is 7.11. The zero-order valence-corrected chi connectivity index (χ0v) is 11.6. The lowest BCUT2D eigenvalue weighted by molar-refractivity contribution is 0.0886. The third-order valence-corrected chi connectivity index (χ3v) is 2.80. The first-order valence-electron chi connectivity index (χ1n) is 5.25. The molecule has 90 valence electrons. The van der Waals surface area contributed by atoms with Crippen LogP contribution in [0.15, 0.2) is 22.7 Å². The average Bonchev–Trinajstić information content (AvgIpc) is 2.15. The summed E-state index contributed by atoms with van der Waals surface area (Å²) in [7, 11) is 1.96. The Balaban J connectivity index is 2.97. The van der Waals surface area contributed by atoms with Crippen molar-refractivity contribution in [2.75, 3.05) is 18.5 Å². The molecule has 16 heavy (non-hydrogen) atoms. The van der Waals surface area contributed by atoms with E-state index in [9.17, 15) is 5.11 Å². The van der Waals surface area contributed by atoms with Crippen molar-refractivity contribution < 1.29 is 5.11 Å². The van der Waals surface area contributed by atoms with Gasteiger partial charge in [0.2, 0.25) is 0 Å². The van der Waals surface area contributed by atoms with Crippen molar-refractivity contribution in [1.29, 1.82) is 0 Å². The molecule has 0 aliphatic carbocycles. The van der Waals surface area contributed by atoms with Gasteiger partial charge in [-0.1, -0.05) is 22.0 Å². The number of benzene rings is 1. The number of hydrogen-bond acceptors (Lipinski definition) is 3. The second kappa shape index (κ2) is 5.17. The third-order valence-electron chi connectivity index (χ3n) is 2.30. The van der Waals surface area contributed by atoms with Crippen LogP contribution in [0.2, 0.25) is 0 Å². The van der Waals surface area contributed by atoms with E-state index >= 15 is 0 Å². The first-order valence-corrected chi connectivity index (χ1v) is 6.05. The van der Waals surface area contributed by atoms with Gasteiger partial charge in [0.1, 0.15) is 0 Å². The highest BCUT2D eigenvalue weighted by Gasteiger charge is 2.17. The van der Waals surface area contributed by atoms with Gasteiger partial charge in [0, 0.05) is 30.3 Å². The van der Waals surface area contributed by atoms with Crippen LogP contribution in [0.25, 0.3) is 0 Å². The summed E-state index contributed by atoms with van der Waals surface area (Å²) in [6, 6.07) is 6.00. The smallest absolute Gasteiger partial charge is 0.0765 e. The SMILES string of the molecule is CN(CC(C)(C)O)c1cc(Br)ccc1CN. The van der Waals surface area contributed by atoms with Crippen molar-refractivity contribution in [2.45, 2.75) is 26.0 Å². The molecular formula is C12H19BrN2O. The molecule has 3 nitrogen and oxygen atoms in total. The number of hydrogen-bond donors (Lipinski definition) is 2. The van der Waals surface area contributed by atoms with Gasteiger partial charge in [-0.2, -0.15) is 0 Å². The van der Waals surface area contributed by atoms with Crippen LogP contribution in [0, 0.1) is 0 Å². The lowest BCUT2D eigenvalue weighted by atomic mass is 10.1. The molecule has 0 atom stereocenters. The largest absolute Gasteiger partial charge is 0.389 e. The maximum atomic E-state index is 9.80. The zero-order chi connectivity index (χ0) is 12.3. The van der Waals surface area contributed by atoms with Crippen molar-refractivity contribution >= 4 is 21.6 Å². The van der Waals surface area contributed by atoms with Gasteiger partial charge in [0.05, 0.1) is 5.60 Å². The molecule has 0 aliphatic rings. The molecule has 1 aromatic rings. The van der Waals surface area contributed by atoms with Gasteiger partial charge in [0.15, 0.2) is 0 Å². The Kier molecular flexibility index (Phi) is 4.35. The molecule has 0 aliphatic heterocycles. The van der Waals surface area contributed by atoms with Crippen molar-refractivity contribution in [3.8, 4) is 0 Å². The van der Waals surface area contributed by atoms with E-state index in [1.165, 1.54) is 0 Å². The zero-order valence-electron chi connectivity index (χ0n) is 10.00. The van der Waals surface area contributed by atoms with Crippen molar-refractivity contribution in [3.05, 3.63) is 28.2 Å². The Hall–Kier alpha value is -0.580. The van der Waals surface area contributed by atoms with E-state index in [2.05, 4.69) is 15.9 Å². The fourth-order valence-electron chi connectivity index (χ4n) is 1.73. The van der Waals surface area contributed by atoms with E-state index < -0.39 is 5.60 Å². The van der Waals surface area contributed by atoms with Crippen LogP contribution in [0.3, 0.4) is 0 Å². The van der Waals surface area contributed by atoms with Crippen LogP contribution in [0.4, 0.5) is 5.69 Å². The van der Waals surface area contributed by atoms with E-state index in [0.29, 0.717) is 13.1 Å². The standard InChI is InChI=1S/C12H19BrN2O/c1-12(2,16)8-15(3)11-6-10(13)5-4-9(11)7-14/h4-6,16H,7-8,14H2,1-3H3. The lowest BCUT2D eigenvalue weighted by Gasteiger charge is -2.29. The Bertz CT molecular complexity index is 361. The van der Waals surface area contributed by atoms with Crippen molar-refractivity contribution in [3.63, 3.8) is 0 Å². The summed E-state index contributed by atoms with van der Waals surface area (Å²) in [6.45, 7) is 4.66. The molecule has 0 saturated heterocycles. The van der Waals surface area contributed by atoms with E-state index in [1.807, 2.05) is 30.1 Å². The predicted molar refractivity (Wildman–Crippen MR) is 71.6 cm³/mol. The number of anilines is 1. The summed E-state index contributed by atoms with van der Waals surface area (Å²) in [6.07, 6.45) is 0. The molecule has 0 unspecified atom stereocenters. The molecule has 0 heterocycles. The summed E-state index contributed by atoms with van der Waals surface area (Å²) in [4.78, 5) is 2.02. The quantitative estimate of drug-likeness (QED) is 0.891. The van der Waals surface area contributed by atoms with Gasteiger partial charge >= 0.3 is 0 Å². The van der Waals surface area contributed by atoms with Crippen LogP contribution in [-0.4, -0.2) is 24.3 Å². The van der Waals surface area contributed by atoms with E-state index in [-0.39, 0.29) is 0 Å². The minimum absolute atomic E-state index is 0.499. The fourth-order valence-corrected chi connectivity index (χ4v) is 2.08. The van der Waals surface area contributed by atoms with Crippen molar-refractivity contribution in [2.24, 2.45) is 5.73 Å². The van der Waals surface area contributed by atoms with E-state index in [4.69, 9.17) is 5.73 Å². The van der Waals surface area contributed by atoms with Gasteiger partial charge in [-0.05, 0) is 31.5 Å². The Morgan fingerprint density at radius 2 is 2.06 bits per heavy atom. The number of nitrogens with zero attached hydrogens (tertiary/aromatic N) is 1. The maximum absolute atomic E-state index is 9.80. The molecule has 0 saturated carbocycles. The molecule has 0 bridgehead atoms. The molecule has 0 spiro atoms. The molecule has 0 amide bonds. The van der Waals surface area contributed by atoms with Crippen LogP contribution in [0.1, 0.15) is 19.4 Å². The molecule has 0 aromatic heterocycles. The number of nitrogens with two attached hydrogens (primary N) is 1. The molecular weight excluding hydrogens is 268 g/mol. The molecule has 1 rings (SSSR count). The van der Waals surface area contributed by atoms with Crippen LogP contribution < -0.4 is 10.6 Å². The highest BCUT2D eigenvalue weighted by molar-refractivity contribution is 9.10. The monoisotopic (exact) mass is 286 g/mol. The van der Waals surface area contributed by atoms with E-state index in [1.54, 1.807) is 13.8 Å². The highest BCUT2D eigenvalue weighted by Crippen LogP contribution is 2.25. The minimum Gasteiger partial charge on any atom is -0.389 e. The topological polar surface area (TPSA) is 49.5 Å². The van der Waals surface area contributed by atoms with Crippen LogP contribution in [0.5, 0.6) is 0 Å². The maximum Gasteiger partial charge on any atom is 0.0765 e. The summed E-state index contributed by atoms with van der Waals surface area (Å²) in [5.74, 6) is 0. The number of rotatable bonds is 4. The number of halogens is 1. The summed E-state index contributed by atoms with van der Waals surface area (Å²) >= 11 is 3.44. The molecule has 0 fully saturated rings. The molecule has 4 heteroatoms.